The molecular formula is C16H13N3O3. The Morgan fingerprint density at radius 3 is 2.91 bits per heavy atom. The third-order valence-corrected chi connectivity index (χ3v) is 4.07. The summed E-state index contributed by atoms with van der Waals surface area (Å²) in [7, 11) is 0. The Morgan fingerprint density at radius 1 is 1.23 bits per heavy atom. The maximum Gasteiger partial charge on any atom is 0.235 e. The maximum absolute atomic E-state index is 12.1. The number of hydrogen-bond donors (Lipinski definition) is 2. The van der Waals surface area contributed by atoms with Crippen LogP contribution >= 0.6 is 0 Å². The Hall–Kier alpha value is -2.89. The molecule has 0 aliphatic carbocycles. The van der Waals surface area contributed by atoms with E-state index in [-0.39, 0.29) is 11.8 Å². The molecule has 1 unspecified atom stereocenters. The number of nitrogen functional groups attached to an aromatic ring is 1. The van der Waals surface area contributed by atoms with Crippen molar-refractivity contribution in [3.63, 3.8) is 0 Å². The molecule has 3 N–H and O–H groups in total. The number of rotatable bonds is 1. The lowest BCUT2D eigenvalue weighted by atomic mass is 9.91. The van der Waals surface area contributed by atoms with Crippen LogP contribution in [0.25, 0.3) is 21.7 Å². The first kappa shape index (κ1) is 12.8. The fraction of sp³-hybridized carbons (Fsp3) is 0.188. The van der Waals surface area contributed by atoms with Crippen molar-refractivity contribution in [2.45, 2.75) is 18.8 Å². The zero-order valence-corrected chi connectivity index (χ0v) is 11.6. The van der Waals surface area contributed by atoms with E-state index in [2.05, 4.69) is 10.5 Å². The van der Waals surface area contributed by atoms with Crippen LogP contribution < -0.4 is 11.1 Å². The molecule has 0 spiro atoms. The Balaban J connectivity index is 1.95. The van der Waals surface area contributed by atoms with Gasteiger partial charge in [0, 0.05) is 12.1 Å². The van der Waals surface area contributed by atoms with Crippen LogP contribution in [-0.2, 0) is 9.59 Å². The van der Waals surface area contributed by atoms with E-state index in [0.29, 0.717) is 29.8 Å². The third kappa shape index (κ3) is 1.84. The van der Waals surface area contributed by atoms with Crippen molar-refractivity contribution in [1.82, 2.24) is 10.5 Å². The SMILES string of the molecule is Nc1ccc2c(ccc3onc(C4CCC(=O)NC4=O)c32)c1. The predicted molar refractivity (Wildman–Crippen MR) is 81.1 cm³/mol. The number of aromatic nitrogens is 1. The molecule has 2 amide bonds. The van der Waals surface area contributed by atoms with Gasteiger partial charge in [-0.25, -0.2) is 0 Å². The van der Waals surface area contributed by atoms with Crippen molar-refractivity contribution in [1.29, 1.82) is 0 Å². The number of piperidine rings is 1. The molecule has 2 heterocycles. The summed E-state index contributed by atoms with van der Waals surface area (Å²) in [5.74, 6) is -1.03. The second-order valence-electron chi connectivity index (χ2n) is 5.49. The standard InChI is InChI=1S/C16H13N3O3/c17-9-2-3-10-8(7-9)1-5-12-14(10)15(19-22-12)11-4-6-13(20)18-16(11)21/h1-3,5,7,11H,4,6,17H2,(H,18,20,21). The Morgan fingerprint density at radius 2 is 2.09 bits per heavy atom. The Kier molecular flexibility index (Phi) is 2.66. The van der Waals surface area contributed by atoms with Crippen LogP contribution in [0, 0.1) is 0 Å². The minimum absolute atomic E-state index is 0.244. The number of nitrogens with two attached hydrogens (primary N) is 1. The summed E-state index contributed by atoms with van der Waals surface area (Å²) in [4.78, 5) is 23.4. The van der Waals surface area contributed by atoms with Gasteiger partial charge in [0.15, 0.2) is 5.58 Å². The van der Waals surface area contributed by atoms with Gasteiger partial charge in [-0.1, -0.05) is 17.3 Å². The van der Waals surface area contributed by atoms with Crippen molar-refractivity contribution in [2.24, 2.45) is 0 Å². The minimum Gasteiger partial charge on any atom is -0.399 e. The van der Waals surface area contributed by atoms with Gasteiger partial charge >= 0.3 is 0 Å². The lowest BCUT2D eigenvalue weighted by molar-refractivity contribution is -0.134. The molecule has 0 radical (unpaired) electrons. The first-order valence-electron chi connectivity index (χ1n) is 7.05. The summed E-state index contributed by atoms with van der Waals surface area (Å²) in [6.45, 7) is 0. The van der Waals surface area contributed by atoms with Crippen LogP contribution in [-0.4, -0.2) is 17.0 Å². The quantitative estimate of drug-likeness (QED) is 0.529. The lowest BCUT2D eigenvalue weighted by Crippen LogP contribution is -2.39. The zero-order chi connectivity index (χ0) is 15.3. The van der Waals surface area contributed by atoms with Crippen LogP contribution in [0.15, 0.2) is 34.9 Å². The Labute approximate surface area is 125 Å². The average Bonchev–Trinajstić information content (AvgIpc) is 2.91. The van der Waals surface area contributed by atoms with Crippen molar-refractivity contribution in [3.05, 3.63) is 36.0 Å². The summed E-state index contributed by atoms with van der Waals surface area (Å²) < 4.78 is 5.37. The summed E-state index contributed by atoms with van der Waals surface area (Å²) in [5, 5.41) is 9.16. The molecule has 2 aromatic carbocycles. The molecule has 1 atom stereocenters. The normalized spacial score (nSPS) is 18.8. The van der Waals surface area contributed by atoms with E-state index in [9.17, 15) is 9.59 Å². The van der Waals surface area contributed by atoms with Gasteiger partial charge in [0.2, 0.25) is 11.8 Å². The number of anilines is 1. The molecule has 0 saturated carbocycles. The van der Waals surface area contributed by atoms with Crippen LogP contribution in [0.5, 0.6) is 0 Å². The van der Waals surface area contributed by atoms with E-state index in [4.69, 9.17) is 10.3 Å². The number of carbonyl (C=O) groups is 2. The highest BCUT2D eigenvalue weighted by Crippen LogP contribution is 2.35. The van der Waals surface area contributed by atoms with Crippen molar-refractivity contribution in [3.8, 4) is 0 Å². The number of nitrogens with zero attached hydrogens (tertiary/aromatic N) is 1. The molecule has 22 heavy (non-hydrogen) atoms. The number of benzene rings is 2. The highest BCUT2D eigenvalue weighted by atomic mass is 16.5. The first-order chi connectivity index (χ1) is 10.6. The van der Waals surface area contributed by atoms with Gasteiger partial charge in [0.05, 0.1) is 11.3 Å². The lowest BCUT2D eigenvalue weighted by Gasteiger charge is -2.19. The number of fused-ring (bicyclic) bond motifs is 3. The topological polar surface area (TPSA) is 98.2 Å². The van der Waals surface area contributed by atoms with Crippen LogP contribution in [0.3, 0.4) is 0 Å². The van der Waals surface area contributed by atoms with Crippen molar-refractivity contribution < 1.29 is 14.1 Å². The molecule has 4 rings (SSSR count). The molecule has 1 aliphatic rings. The Bertz CT molecular complexity index is 929. The van der Waals surface area contributed by atoms with Crippen molar-refractivity contribution >= 4 is 39.2 Å². The van der Waals surface area contributed by atoms with Gasteiger partial charge in [-0.05, 0) is 35.4 Å². The molecule has 3 aromatic rings. The van der Waals surface area contributed by atoms with E-state index >= 15 is 0 Å². The van der Waals surface area contributed by atoms with E-state index in [1.807, 2.05) is 30.3 Å². The van der Waals surface area contributed by atoms with E-state index < -0.39 is 5.92 Å². The molecule has 110 valence electrons. The molecule has 6 nitrogen and oxygen atoms in total. The molecule has 1 aromatic heterocycles. The monoisotopic (exact) mass is 295 g/mol. The fourth-order valence-corrected chi connectivity index (χ4v) is 3.00. The fourth-order valence-electron chi connectivity index (χ4n) is 3.00. The van der Waals surface area contributed by atoms with Gasteiger partial charge in [0.25, 0.3) is 0 Å². The second kappa shape index (κ2) is 4.56. The highest BCUT2D eigenvalue weighted by molar-refractivity contribution is 6.10. The summed E-state index contributed by atoms with van der Waals surface area (Å²) in [6.07, 6.45) is 0.750. The van der Waals surface area contributed by atoms with Crippen LogP contribution in [0.2, 0.25) is 0 Å². The number of nitrogens with one attached hydrogen (secondary N) is 1. The molecule has 1 fully saturated rings. The molecule has 1 saturated heterocycles. The van der Waals surface area contributed by atoms with Gasteiger partial charge in [0.1, 0.15) is 5.69 Å². The molecule has 1 aliphatic heterocycles. The molecule has 0 bridgehead atoms. The summed E-state index contributed by atoms with van der Waals surface area (Å²) >= 11 is 0. The smallest absolute Gasteiger partial charge is 0.235 e. The maximum atomic E-state index is 12.1. The molecular weight excluding hydrogens is 282 g/mol. The predicted octanol–water partition coefficient (Wildman–Crippen LogP) is 2.08. The van der Waals surface area contributed by atoms with E-state index in [0.717, 1.165) is 16.2 Å². The van der Waals surface area contributed by atoms with Gasteiger partial charge < -0.3 is 10.3 Å². The zero-order valence-electron chi connectivity index (χ0n) is 11.6. The third-order valence-electron chi connectivity index (χ3n) is 4.07. The van der Waals surface area contributed by atoms with Gasteiger partial charge in [-0.2, -0.15) is 0 Å². The number of hydrogen-bond acceptors (Lipinski definition) is 5. The number of amides is 2. The van der Waals surface area contributed by atoms with E-state index in [1.54, 1.807) is 0 Å². The first-order valence-corrected chi connectivity index (χ1v) is 7.05. The minimum atomic E-state index is -0.470. The summed E-state index contributed by atoms with van der Waals surface area (Å²) in [5.41, 5.74) is 7.69. The van der Waals surface area contributed by atoms with Gasteiger partial charge in [-0.15, -0.1) is 0 Å². The van der Waals surface area contributed by atoms with Crippen LogP contribution in [0.4, 0.5) is 5.69 Å². The highest BCUT2D eigenvalue weighted by Gasteiger charge is 2.32. The van der Waals surface area contributed by atoms with E-state index in [1.165, 1.54) is 0 Å². The number of carbonyl (C=O) groups excluding carboxylic acids is 2. The van der Waals surface area contributed by atoms with Gasteiger partial charge in [-0.3, -0.25) is 14.9 Å². The average molecular weight is 295 g/mol. The molecule has 6 heteroatoms. The van der Waals surface area contributed by atoms with Crippen LogP contribution in [0.1, 0.15) is 24.5 Å². The second-order valence-corrected chi connectivity index (χ2v) is 5.49. The van der Waals surface area contributed by atoms with Crippen molar-refractivity contribution in [2.75, 3.05) is 5.73 Å². The number of imide groups is 1. The largest absolute Gasteiger partial charge is 0.399 e. The summed E-state index contributed by atoms with van der Waals surface area (Å²) in [6, 6.07) is 9.31.